The van der Waals surface area contributed by atoms with E-state index in [-0.39, 0.29) is 6.54 Å². The highest BCUT2D eigenvalue weighted by Gasteiger charge is 2.31. The minimum atomic E-state index is -4.59. The van der Waals surface area contributed by atoms with Gasteiger partial charge in [0, 0.05) is 19.8 Å². The number of carbonyl (C=O) groups excluding carboxylic acids is 1. The maximum atomic E-state index is 12.5. The van der Waals surface area contributed by atoms with Gasteiger partial charge in [-0.05, 0) is 17.7 Å². The smallest absolute Gasteiger partial charge is 0.266 e. The van der Waals surface area contributed by atoms with E-state index in [0.29, 0.717) is 17.8 Å². The molecule has 1 heterocycles. The topological polar surface area (TPSA) is 79.4 Å². The summed E-state index contributed by atoms with van der Waals surface area (Å²) in [5.41, 5.74) is -0.770. The Morgan fingerprint density at radius 1 is 1.16 bits per heavy atom. The summed E-state index contributed by atoms with van der Waals surface area (Å²) in [7, 11) is -2.91. The minimum absolute atomic E-state index is 0.0178. The SMILES string of the molecule is CN(Cc1ccccc1)S(=O)(=O)NC(=O)c1ccc(C(F)(F)F)cn1. The van der Waals surface area contributed by atoms with Gasteiger partial charge in [0.1, 0.15) is 5.69 Å². The van der Waals surface area contributed by atoms with Crippen LogP contribution < -0.4 is 4.72 Å². The van der Waals surface area contributed by atoms with Gasteiger partial charge in [0.05, 0.1) is 5.56 Å². The third-order valence-electron chi connectivity index (χ3n) is 3.20. The highest BCUT2D eigenvalue weighted by Crippen LogP contribution is 2.28. The number of nitrogens with zero attached hydrogens (tertiary/aromatic N) is 2. The Bertz CT molecular complexity index is 838. The van der Waals surface area contributed by atoms with Crippen LogP contribution in [0.2, 0.25) is 0 Å². The predicted octanol–water partition coefficient (Wildman–Crippen LogP) is 2.21. The standard InChI is InChI=1S/C15H14F3N3O3S/c1-21(10-11-5-3-2-4-6-11)25(23,24)20-14(22)13-8-7-12(9-19-13)15(16,17)18/h2-9H,10H2,1H3,(H,20,22). The van der Waals surface area contributed by atoms with Gasteiger partial charge in [0.25, 0.3) is 5.91 Å². The molecular weight excluding hydrogens is 359 g/mol. The lowest BCUT2D eigenvalue weighted by Crippen LogP contribution is -2.41. The number of halogens is 3. The summed E-state index contributed by atoms with van der Waals surface area (Å²) >= 11 is 0. The van der Waals surface area contributed by atoms with Crippen LogP contribution in [0.3, 0.4) is 0 Å². The van der Waals surface area contributed by atoms with E-state index in [9.17, 15) is 26.4 Å². The van der Waals surface area contributed by atoms with Crippen molar-refractivity contribution in [1.82, 2.24) is 14.0 Å². The maximum absolute atomic E-state index is 12.5. The fraction of sp³-hybridized carbons (Fsp3) is 0.200. The molecule has 1 N–H and O–H groups in total. The first-order valence-corrected chi connectivity index (χ1v) is 8.39. The summed E-state index contributed by atoms with van der Waals surface area (Å²) in [6, 6.07) is 10.1. The fourth-order valence-electron chi connectivity index (χ4n) is 1.87. The molecule has 2 aromatic rings. The second-order valence-electron chi connectivity index (χ2n) is 5.11. The van der Waals surface area contributed by atoms with E-state index in [0.717, 1.165) is 10.4 Å². The molecular formula is C15H14F3N3O3S. The van der Waals surface area contributed by atoms with Crippen molar-refractivity contribution in [2.45, 2.75) is 12.7 Å². The van der Waals surface area contributed by atoms with Gasteiger partial charge in [-0.25, -0.2) is 4.72 Å². The molecule has 10 heteroatoms. The number of amides is 1. The van der Waals surface area contributed by atoms with Crippen LogP contribution >= 0.6 is 0 Å². The second kappa shape index (κ2) is 7.19. The molecule has 0 aliphatic carbocycles. The van der Waals surface area contributed by atoms with Crippen molar-refractivity contribution >= 4 is 16.1 Å². The Balaban J connectivity index is 2.07. The number of aromatic nitrogens is 1. The van der Waals surface area contributed by atoms with Crippen molar-refractivity contribution in [2.75, 3.05) is 7.05 Å². The third-order valence-corrected chi connectivity index (χ3v) is 4.60. The Morgan fingerprint density at radius 2 is 1.80 bits per heavy atom. The summed E-state index contributed by atoms with van der Waals surface area (Å²) in [6.45, 7) is 0.0178. The number of carbonyl (C=O) groups is 1. The zero-order valence-electron chi connectivity index (χ0n) is 13.0. The summed E-state index contributed by atoms with van der Waals surface area (Å²) in [6.07, 6.45) is -4.13. The largest absolute Gasteiger partial charge is 0.417 e. The number of alkyl halides is 3. The van der Waals surface area contributed by atoms with Gasteiger partial charge in [0.15, 0.2) is 0 Å². The lowest BCUT2D eigenvalue weighted by atomic mass is 10.2. The van der Waals surface area contributed by atoms with Crippen LogP contribution in [0.5, 0.6) is 0 Å². The summed E-state index contributed by atoms with van der Waals surface area (Å²) < 4.78 is 64.3. The van der Waals surface area contributed by atoms with Gasteiger partial charge >= 0.3 is 16.4 Å². The number of hydrogen-bond acceptors (Lipinski definition) is 4. The van der Waals surface area contributed by atoms with E-state index in [1.807, 2.05) is 0 Å². The maximum Gasteiger partial charge on any atom is 0.417 e. The first-order valence-electron chi connectivity index (χ1n) is 6.95. The van der Waals surface area contributed by atoms with E-state index in [1.54, 1.807) is 35.1 Å². The van der Waals surface area contributed by atoms with Crippen LogP contribution in [-0.4, -0.2) is 30.7 Å². The molecule has 0 unspecified atom stereocenters. The minimum Gasteiger partial charge on any atom is -0.266 e. The van der Waals surface area contributed by atoms with Gasteiger partial charge in [-0.2, -0.15) is 25.9 Å². The van der Waals surface area contributed by atoms with Crippen molar-refractivity contribution in [3.8, 4) is 0 Å². The first kappa shape index (κ1) is 18.9. The lowest BCUT2D eigenvalue weighted by Gasteiger charge is -2.17. The van der Waals surface area contributed by atoms with E-state index in [1.165, 1.54) is 7.05 Å². The Labute approximate surface area is 142 Å². The van der Waals surface area contributed by atoms with Gasteiger partial charge in [0.2, 0.25) is 0 Å². The number of rotatable bonds is 5. The molecule has 0 saturated carbocycles. The molecule has 1 aromatic heterocycles. The zero-order valence-corrected chi connectivity index (χ0v) is 13.8. The molecule has 0 fully saturated rings. The molecule has 0 spiro atoms. The molecule has 0 aliphatic rings. The Hall–Kier alpha value is -2.46. The van der Waals surface area contributed by atoms with Gasteiger partial charge in [-0.3, -0.25) is 9.78 Å². The second-order valence-corrected chi connectivity index (χ2v) is 6.89. The zero-order chi connectivity index (χ0) is 18.7. The van der Waals surface area contributed by atoms with E-state index in [2.05, 4.69) is 4.98 Å². The van der Waals surface area contributed by atoms with Crippen LogP contribution in [0.4, 0.5) is 13.2 Å². The van der Waals surface area contributed by atoms with Crippen LogP contribution in [0.15, 0.2) is 48.7 Å². The molecule has 25 heavy (non-hydrogen) atoms. The summed E-state index contributed by atoms with van der Waals surface area (Å²) in [5.74, 6) is -1.12. The summed E-state index contributed by atoms with van der Waals surface area (Å²) in [5, 5.41) is 0. The van der Waals surface area contributed by atoms with Crippen LogP contribution in [0.1, 0.15) is 21.6 Å². The molecule has 0 radical (unpaired) electrons. The number of pyridine rings is 1. The number of hydrogen-bond donors (Lipinski definition) is 1. The molecule has 6 nitrogen and oxygen atoms in total. The quantitative estimate of drug-likeness (QED) is 0.872. The average molecular weight is 373 g/mol. The van der Waals surface area contributed by atoms with Gasteiger partial charge in [-0.15, -0.1) is 0 Å². The molecule has 134 valence electrons. The fourth-order valence-corrected chi connectivity index (χ4v) is 2.68. The van der Waals surface area contributed by atoms with Crippen molar-refractivity contribution in [1.29, 1.82) is 0 Å². The van der Waals surface area contributed by atoms with E-state index in [4.69, 9.17) is 0 Å². The predicted molar refractivity (Wildman–Crippen MR) is 83.5 cm³/mol. The van der Waals surface area contributed by atoms with Crippen LogP contribution in [0.25, 0.3) is 0 Å². The highest BCUT2D eigenvalue weighted by molar-refractivity contribution is 7.87. The summed E-state index contributed by atoms with van der Waals surface area (Å²) in [4.78, 5) is 15.3. The number of nitrogens with one attached hydrogen (secondary N) is 1. The van der Waals surface area contributed by atoms with E-state index >= 15 is 0 Å². The monoisotopic (exact) mass is 373 g/mol. The number of benzene rings is 1. The molecule has 0 atom stereocenters. The Morgan fingerprint density at radius 3 is 2.32 bits per heavy atom. The van der Waals surface area contributed by atoms with Crippen LogP contribution in [0, 0.1) is 0 Å². The normalized spacial score (nSPS) is 12.2. The molecule has 0 aliphatic heterocycles. The van der Waals surface area contributed by atoms with Crippen molar-refractivity contribution < 1.29 is 26.4 Å². The lowest BCUT2D eigenvalue weighted by molar-refractivity contribution is -0.137. The van der Waals surface area contributed by atoms with Crippen molar-refractivity contribution in [2.24, 2.45) is 0 Å². The van der Waals surface area contributed by atoms with Crippen LogP contribution in [-0.2, 0) is 22.9 Å². The molecule has 2 rings (SSSR count). The Kier molecular flexibility index (Phi) is 5.43. The molecule has 1 aromatic carbocycles. The van der Waals surface area contributed by atoms with Gasteiger partial charge < -0.3 is 0 Å². The molecule has 1 amide bonds. The first-order chi connectivity index (χ1) is 11.6. The van der Waals surface area contributed by atoms with Gasteiger partial charge in [-0.1, -0.05) is 30.3 Å². The van der Waals surface area contributed by atoms with Crippen molar-refractivity contribution in [3.63, 3.8) is 0 Å². The van der Waals surface area contributed by atoms with E-state index < -0.39 is 33.6 Å². The molecule has 0 saturated heterocycles. The van der Waals surface area contributed by atoms with Crippen molar-refractivity contribution in [3.05, 3.63) is 65.5 Å². The average Bonchev–Trinajstić information content (AvgIpc) is 2.54. The highest BCUT2D eigenvalue weighted by atomic mass is 32.2. The third kappa shape index (κ3) is 5.00. The molecule has 0 bridgehead atoms.